The molecule has 0 radical (unpaired) electrons. The summed E-state index contributed by atoms with van der Waals surface area (Å²) in [6.45, 7) is 1.41. The lowest BCUT2D eigenvalue weighted by Gasteiger charge is -2.17. The molecule has 0 bridgehead atoms. The number of anilines is 2. The van der Waals surface area contributed by atoms with Crippen molar-refractivity contribution in [2.45, 2.75) is 19.4 Å². The fourth-order valence-electron chi connectivity index (χ4n) is 2.78. The first-order valence-corrected chi connectivity index (χ1v) is 7.92. The van der Waals surface area contributed by atoms with Gasteiger partial charge in [0.05, 0.1) is 18.1 Å². The zero-order valence-corrected chi connectivity index (χ0v) is 13.9. The Bertz CT molecular complexity index is 904. The fourth-order valence-corrected chi connectivity index (χ4v) is 2.78. The summed E-state index contributed by atoms with van der Waals surface area (Å²) in [6.07, 6.45) is -0.0363. The van der Waals surface area contributed by atoms with Crippen molar-refractivity contribution >= 4 is 34.9 Å². The van der Waals surface area contributed by atoms with Gasteiger partial charge in [-0.2, -0.15) is 0 Å². The van der Waals surface area contributed by atoms with E-state index in [1.54, 1.807) is 18.2 Å². The highest BCUT2D eigenvalue weighted by Gasteiger charge is 2.39. The van der Waals surface area contributed by atoms with Crippen LogP contribution >= 0.6 is 0 Å². The zero-order valence-electron chi connectivity index (χ0n) is 13.9. The van der Waals surface area contributed by atoms with Crippen LogP contribution in [-0.4, -0.2) is 29.6 Å². The molecule has 3 rings (SSSR count). The molecule has 7 nitrogen and oxygen atoms in total. The minimum atomic E-state index is -1.29. The number of nitrogens with zero attached hydrogens (tertiary/aromatic N) is 1. The smallest absolute Gasteiger partial charge is 0.256 e. The van der Waals surface area contributed by atoms with Crippen molar-refractivity contribution in [1.82, 2.24) is 0 Å². The number of rotatable bonds is 5. The number of carboxylic acids is 1. The Morgan fingerprint density at radius 3 is 2.38 bits per heavy atom. The number of carbonyl (C=O) groups excluding carboxylic acids is 4. The van der Waals surface area contributed by atoms with Crippen molar-refractivity contribution in [3.63, 3.8) is 0 Å². The highest BCUT2D eigenvalue weighted by Crippen LogP contribution is 2.26. The molecule has 2 aromatic carbocycles. The summed E-state index contributed by atoms with van der Waals surface area (Å²) in [6, 6.07) is 11.3. The van der Waals surface area contributed by atoms with E-state index in [1.807, 2.05) is 0 Å². The van der Waals surface area contributed by atoms with Gasteiger partial charge in [0.15, 0.2) is 5.78 Å². The average Bonchev–Trinajstić information content (AvgIpc) is 2.89. The number of benzene rings is 2. The molecular weight excluding hydrogens is 336 g/mol. The van der Waals surface area contributed by atoms with Crippen LogP contribution in [0.3, 0.4) is 0 Å². The minimum absolute atomic E-state index is 0.0204. The lowest BCUT2D eigenvalue weighted by molar-refractivity contribution is -0.255. The number of amides is 2. The molecule has 7 heteroatoms. The van der Waals surface area contributed by atoms with E-state index in [0.717, 1.165) is 4.90 Å². The van der Waals surface area contributed by atoms with Crippen LogP contribution < -0.4 is 15.3 Å². The molecule has 0 spiro atoms. The molecule has 0 aromatic heterocycles. The lowest BCUT2D eigenvalue weighted by Crippen LogP contribution is -2.34. The molecule has 1 saturated heterocycles. The number of hydrogen-bond acceptors (Lipinski definition) is 6. The van der Waals surface area contributed by atoms with E-state index in [1.165, 1.54) is 37.3 Å². The molecule has 0 aliphatic carbocycles. The minimum Gasteiger partial charge on any atom is -0.545 e. The number of carboxylic acid groups (broad SMARTS) is 1. The van der Waals surface area contributed by atoms with E-state index >= 15 is 0 Å². The van der Waals surface area contributed by atoms with Gasteiger partial charge >= 0.3 is 0 Å². The molecule has 1 fully saturated rings. The Kier molecular flexibility index (Phi) is 4.53. The van der Waals surface area contributed by atoms with Crippen LogP contribution in [-0.2, 0) is 9.59 Å². The highest BCUT2D eigenvalue weighted by molar-refractivity contribution is 6.23. The van der Waals surface area contributed by atoms with E-state index in [-0.39, 0.29) is 23.7 Å². The predicted molar refractivity (Wildman–Crippen MR) is 91.7 cm³/mol. The fraction of sp³-hybridized carbons (Fsp3) is 0.158. The van der Waals surface area contributed by atoms with Crippen LogP contribution in [0.25, 0.3) is 0 Å². The molecule has 1 atom stereocenters. The summed E-state index contributed by atoms with van der Waals surface area (Å²) in [7, 11) is 0. The first kappa shape index (κ1) is 17.3. The van der Waals surface area contributed by atoms with Gasteiger partial charge in [-0.1, -0.05) is 24.3 Å². The number of ketones is 1. The van der Waals surface area contributed by atoms with Crippen molar-refractivity contribution in [3.05, 3.63) is 59.7 Å². The first-order valence-electron chi connectivity index (χ1n) is 7.92. The Hall–Kier alpha value is -3.48. The zero-order chi connectivity index (χ0) is 18.8. The van der Waals surface area contributed by atoms with Crippen molar-refractivity contribution in [2.75, 3.05) is 10.2 Å². The van der Waals surface area contributed by atoms with Crippen molar-refractivity contribution in [2.24, 2.45) is 0 Å². The summed E-state index contributed by atoms with van der Waals surface area (Å²) in [5.74, 6) is -2.26. The molecule has 1 aliphatic heterocycles. The van der Waals surface area contributed by atoms with Gasteiger partial charge in [0.2, 0.25) is 5.91 Å². The third kappa shape index (κ3) is 3.32. The van der Waals surface area contributed by atoms with Gasteiger partial charge in [0, 0.05) is 11.3 Å². The average molecular weight is 351 g/mol. The number of hydrogen-bond donors (Lipinski definition) is 1. The Labute approximate surface area is 149 Å². The first-order chi connectivity index (χ1) is 12.4. The normalized spacial score (nSPS) is 16.7. The molecular formula is C19H15N2O5-. The van der Waals surface area contributed by atoms with Crippen LogP contribution in [0.2, 0.25) is 0 Å². The molecule has 1 heterocycles. The molecule has 2 amide bonds. The van der Waals surface area contributed by atoms with Crippen molar-refractivity contribution in [1.29, 1.82) is 0 Å². The molecule has 0 unspecified atom stereocenters. The number of Topliss-reactive ketones (excluding diaryl/α,β-unsaturated/α-hetero) is 1. The predicted octanol–water partition coefficient (Wildman–Crippen LogP) is 0.997. The molecule has 1 N–H and O–H groups in total. The van der Waals surface area contributed by atoms with Gasteiger partial charge in [-0.3, -0.25) is 14.4 Å². The summed E-state index contributed by atoms with van der Waals surface area (Å²) < 4.78 is 0. The van der Waals surface area contributed by atoms with E-state index in [9.17, 15) is 24.3 Å². The monoisotopic (exact) mass is 351 g/mol. The number of carbonyl (C=O) groups is 4. The number of aromatic carboxylic acids is 1. The lowest BCUT2D eigenvalue weighted by atomic mass is 10.1. The second kappa shape index (κ2) is 6.79. The Morgan fingerprint density at radius 2 is 1.77 bits per heavy atom. The number of nitrogens with one attached hydrogen (secondary N) is 1. The quantitative estimate of drug-likeness (QED) is 0.636. The maximum Gasteiger partial charge on any atom is 0.256 e. The highest BCUT2D eigenvalue weighted by atomic mass is 16.4. The summed E-state index contributed by atoms with van der Waals surface area (Å²) >= 11 is 0. The Balaban J connectivity index is 1.79. The third-order valence-electron chi connectivity index (χ3n) is 4.12. The van der Waals surface area contributed by atoms with E-state index in [2.05, 4.69) is 5.32 Å². The van der Waals surface area contributed by atoms with Gasteiger partial charge in [-0.05, 0) is 36.8 Å². The van der Waals surface area contributed by atoms with E-state index in [4.69, 9.17) is 0 Å². The summed E-state index contributed by atoms with van der Waals surface area (Å²) in [5, 5.41) is 13.7. The SMILES string of the molecule is CC(=O)c1cccc(N2C(=O)C[C@H](Nc3ccc(C(=O)[O-])cc3)C2=O)c1. The molecule has 26 heavy (non-hydrogen) atoms. The van der Waals surface area contributed by atoms with Gasteiger partial charge in [0.1, 0.15) is 6.04 Å². The van der Waals surface area contributed by atoms with Crippen LogP contribution in [0.4, 0.5) is 11.4 Å². The summed E-state index contributed by atoms with van der Waals surface area (Å²) in [5.41, 5.74) is 1.30. The van der Waals surface area contributed by atoms with Crippen LogP contribution in [0, 0.1) is 0 Å². The molecule has 0 saturated carbocycles. The standard InChI is InChI=1S/C19H16N2O5/c1-11(22)13-3-2-4-15(9-13)21-17(23)10-16(18(21)24)20-14-7-5-12(6-8-14)19(25)26/h2-9,16,20H,10H2,1H3,(H,25,26)/p-1/t16-/m0/s1. The van der Waals surface area contributed by atoms with Crippen LogP contribution in [0.1, 0.15) is 34.1 Å². The second-order valence-electron chi connectivity index (χ2n) is 5.94. The maximum absolute atomic E-state index is 12.6. The topological polar surface area (TPSA) is 107 Å². The van der Waals surface area contributed by atoms with Crippen molar-refractivity contribution < 1.29 is 24.3 Å². The van der Waals surface area contributed by atoms with E-state index < -0.39 is 17.9 Å². The number of imide groups is 1. The van der Waals surface area contributed by atoms with Crippen LogP contribution in [0.15, 0.2) is 48.5 Å². The van der Waals surface area contributed by atoms with Gasteiger partial charge in [-0.25, -0.2) is 4.90 Å². The third-order valence-corrected chi connectivity index (χ3v) is 4.12. The Morgan fingerprint density at radius 1 is 1.08 bits per heavy atom. The second-order valence-corrected chi connectivity index (χ2v) is 5.94. The molecule has 2 aromatic rings. The van der Waals surface area contributed by atoms with Crippen molar-refractivity contribution in [3.8, 4) is 0 Å². The summed E-state index contributed by atoms with van der Waals surface area (Å²) in [4.78, 5) is 48.3. The largest absolute Gasteiger partial charge is 0.545 e. The molecule has 1 aliphatic rings. The molecule has 132 valence electrons. The maximum atomic E-state index is 12.6. The van der Waals surface area contributed by atoms with Gasteiger partial charge < -0.3 is 15.2 Å². The van der Waals surface area contributed by atoms with Gasteiger partial charge in [-0.15, -0.1) is 0 Å². The van der Waals surface area contributed by atoms with Gasteiger partial charge in [0.25, 0.3) is 5.91 Å². The van der Waals surface area contributed by atoms with E-state index in [0.29, 0.717) is 16.9 Å². The van der Waals surface area contributed by atoms with Crippen LogP contribution in [0.5, 0.6) is 0 Å².